The lowest BCUT2D eigenvalue weighted by Gasteiger charge is -2.15. The van der Waals surface area contributed by atoms with Crippen LogP contribution < -0.4 is 19.5 Å². The van der Waals surface area contributed by atoms with Crippen LogP contribution in [0.1, 0.15) is 17.4 Å². The summed E-state index contributed by atoms with van der Waals surface area (Å²) < 4.78 is 16.5. The molecule has 2 N–H and O–H groups in total. The van der Waals surface area contributed by atoms with Crippen molar-refractivity contribution in [2.75, 3.05) is 12.1 Å². The number of nitrogens with one attached hydrogen (secondary N) is 1. The molecule has 0 spiro atoms. The van der Waals surface area contributed by atoms with E-state index in [-0.39, 0.29) is 6.79 Å². The Labute approximate surface area is 151 Å². The molecule has 2 aromatic carbocycles. The highest BCUT2D eigenvalue weighted by Crippen LogP contribution is 2.32. The number of rotatable bonds is 6. The average Bonchev–Trinajstić information content (AvgIpc) is 3.15. The number of benzene rings is 2. The van der Waals surface area contributed by atoms with Crippen LogP contribution in [0.5, 0.6) is 17.2 Å². The molecule has 6 heteroatoms. The first-order valence-corrected chi connectivity index (χ1v) is 8.24. The van der Waals surface area contributed by atoms with Crippen LogP contribution in [0.15, 0.2) is 67.0 Å². The van der Waals surface area contributed by atoms with Crippen molar-refractivity contribution < 1.29 is 19.3 Å². The van der Waals surface area contributed by atoms with Crippen LogP contribution in [-0.4, -0.2) is 16.9 Å². The fraction of sp³-hybridized carbons (Fsp3) is 0.150. The Morgan fingerprint density at radius 2 is 1.77 bits per heavy atom. The summed E-state index contributed by atoms with van der Waals surface area (Å²) in [5.41, 5.74) is 2.55. The quantitative estimate of drug-likeness (QED) is 0.663. The Kier molecular flexibility index (Phi) is 4.57. The van der Waals surface area contributed by atoms with Crippen molar-refractivity contribution in [1.29, 1.82) is 0 Å². The van der Waals surface area contributed by atoms with Gasteiger partial charge in [-0.25, -0.2) is 0 Å². The van der Waals surface area contributed by atoms with Gasteiger partial charge >= 0.3 is 0 Å². The van der Waals surface area contributed by atoms with E-state index in [0.29, 0.717) is 6.61 Å². The molecular weight excluding hydrogens is 332 g/mol. The third-order valence-electron chi connectivity index (χ3n) is 4.02. The minimum atomic E-state index is -0.805. The molecule has 1 aliphatic heterocycles. The van der Waals surface area contributed by atoms with E-state index in [4.69, 9.17) is 14.2 Å². The third-order valence-corrected chi connectivity index (χ3v) is 4.02. The molecule has 1 unspecified atom stereocenters. The topological polar surface area (TPSA) is 72.8 Å². The molecule has 0 fully saturated rings. The molecule has 0 saturated heterocycles. The molecule has 4 rings (SSSR count). The number of pyridine rings is 1. The maximum Gasteiger partial charge on any atom is 0.231 e. The lowest BCUT2D eigenvalue weighted by molar-refractivity contribution is 0.174. The minimum absolute atomic E-state index is 0.261. The minimum Gasteiger partial charge on any atom is -0.489 e. The largest absolute Gasteiger partial charge is 0.489 e. The number of ether oxygens (including phenoxy) is 3. The fourth-order valence-electron chi connectivity index (χ4n) is 2.63. The van der Waals surface area contributed by atoms with Crippen molar-refractivity contribution in [3.63, 3.8) is 0 Å². The summed E-state index contributed by atoms with van der Waals surface area (Å²) >= 11 is 0. The molecule has 0 aliphatic carbocycles. The molecule has 6 nitrogen and oxygen atoms in total. The molecule has 0 radical (unpaired) electrons. The Bertz CT molecular complexity index is 869. The summed E-state index contributed by atoms with van der Waals surface area (Å²) in [5.74, 6) is 2.23. The predicted molar refractivity (Wildman–Crippen MR) is 96.2 cm³/mol. The lowest BCUT2D eigenvalue weighted by Crippen LogP contribution is -2.09. The van der Waals surface area contributed by atoms with Crippen LogP contribution in [-0.2, 0) is 6.61 Å². The highest BCUT2D eigenvalue weighted by atomic mass is 16.7. The average molecular weight is 350 g/mol. The van der Waals surface area contributed by atoms with Crippen LogP contribution >= 0.6 is 0 Å². The van der Waals surface area contributed by atoms with Crippen LogP contribution in [0.4, 0.5) is 5.69 Å². The van der Waals surface area contributed by atoms with Gasteiger partial charge in [0, 0.05) is 23.6 Å². The van der Waals surface area contributed by atoms with Gasteiger partial charge < -0.3 is 24.6 Å². The van der Waals surface area contributed by atoms with E-state index < -0.39 is 6.23 Å². The highest BCUT2D eigenvalue weighted by Gasteiger charge is 2.13. The first kappa shape index (κ1) is 16.2. The van der Waals surface area contributed by atoms with Gasteiger partial charge in [-0.2, -0.15) is 0 Å². The van der Waals surface area contributed by atoms with Crippen molar-refractivity contribution >= 4 is 5.69 Å². The molecule has 26 heavy (non-hydrogen) atoms. The molecular formula is C20H18N2O4. The number of aliphatic hydroxyl groups is 1. The van der Waals surface area contributed by atoms with E-state index in [1.807, 2.05) is 42.5 Å². The van der Waals surface area contributed by atoms with Crippen molar-refractivity contribution in [3.05, 3.63) is 78.1 Å². The summed E-state index contributed by atoms with van der Waals surface area (Å²) in [6.45, 7) is 0.685. The maximum absolute atomic E-state index is 10.3. The molecule has 0 amide bonds. The molecule has 3 aromatic rings. The number of fused-ring (bicyclic) bond motifs is 1. The molecule has 1 atom stereocenters. The molecule has 1 aliphatic rings. The third kappa shape index (κ3) is 3.70. The molecule has 0 saturated carbocycles. The standard InChI is InChI=1S/C20H18N2O4/c23-20(22-16-7-9-21-10-8-16)15-2-4-17(5-3-15)24-12-14-1-6-18-19(11-14)26-13-25-18/h1-11,20,23H,12-13H2,(H,21,22). The molecule has 2 heterocycles. The van der Waals surface area contributed by atoms with E-state index in [9.17, 15) is 5.11 Å². The lowest BCUT2D eigenvalue weighted by atomic mass is 10.2. The fourth-order valence-corrected chi connectivity index (χ4v) is 2.63. The number of hydrogen-bond donors (Lipinski definition) is 2. The van der Waals surface area contributed by atoms with Crippen molar-refractivity contribution in [1.82, 2.24) is 4.98 Å². The van der Waals surface area contributed by atoms with Gasteiger partial charge in [-0.15, -0.1) is 0 Å². The second-order valence-electron chi connectivity index (χ2n) is 5.83. The van der Waals surface area contributed by atoms with E-state index >= 15 is 0 Å². The highest BCUT2D eigenvalue weighted by molar-refractivity contribution is 5.45. The van der Waals surface area contributed by atoms with Gasteiger partial charge in [0.2, 0.25) is 6.79 Å². The Hall–Kier alpha value is -3.25. The van der Waals surface area contributed by atoms with Crippen LogP contribution in [0, 0.1) is 0 Å². The van der Waals surface area contributed by atoms with Gasteiger partial charge in [-0.1, -0.05) is 18.2 Å². The number of aliphatic hydroxyl groups excluding tert-OH is 1. The molecule has 1 aromatic heterocycles. The van der Waals surface area contributed by atoms with Gasteiger partial charge in [0.15, 0.2) is 17.7 Å². The smallest absolute Gasteiger partial charge is 0.231 e. The van der Waals surface area contributed by atoms with Crippen molar-refractivity contribution in [2.45, 2.75) is 12.8 Å². The second kappa shape index (κ2) is 7.33. The SMILES string of the molecule is OC(Nc1ccncc1)c1ccc(OCc2ccc3c(c2)OCO3)cc1. The van der Waals surface area contributed by atoms with Gasteiger partial charge in [0.1, 0.15) is 12.4 Å². The van der Waals surface area contributed by atoms with Crippen LogP contribution in [0.25, 0.3) is 0 Å². The zero-order valence-corrected chi connectivity index (χ0v) is 14.0. The normalized spacial score (nSPS) is 13.3. The Morgan fingerprint density at radius 1 is 1.00 bits per heavy atom. The molecule has 132 valence electrons. The zero-order valence-electron chi connectivity index (χ0n) is 14.0. The number of hydrogen-bond acceptors (Lipinski definition) is 6. The summed E-state index contributed by atoms with van der Waals surface area (Å²) in [6, 6.07) is 16.7. The predicted octanol–water partition coefficient (Wildman–Crippen LogP) is 3.49. The van der Waals surface area contributed by atoms with Crippen LogP contribution in [0.3, 0.4) is 0 Å². The number of aromatic nitrogens is 1. The van der Waals surface area contributed by atoms with E-state index in [0.717, 1.165) is 34.1 Å². The van der Waals surface area contributed by atoms with Crippen molar-refractivity contribution in [3.8, 4) is 17.2 Å². The monoisotopic (exact) mass is 350 g/mol. The number of nitrogens with zero attached hydrogens (tertiary/aromatic N) is 1. The van der Waals surface area contributed by atoms with Gasteiger partial charge in [-0.05, 0) is 42.0 Å². The van der Waals surface area contributed by atoms with Gasteiger partial charge in [0.25, 0.3) is 0 Å². The first-order valence-electron chi connectivity index (χ1n) is 8.24. The van der Waals surface area contributed by atoms with E-state index in [2.05, 4.69) is 10.3 Å². The van der Waals surface area contributed by atoms with E-state index in [1.165, 1.54) is 0 Å². The summed E-state index contributed by atoms with van der Waals surface area (Å²) in [7, 11) is 0. The van der Waals surface area contributed by atoms with Crippen LogP contribution in [0.2, 0.25) is 0 Å². The summed E-state index contributed by atoms with van der Waals surface area (Å²) in [5, 5.41) is 13.3. The van der Waals surface area contributed by atoms with Crippen molar-refractivity contribution in [2.24, 2.45) is 0 Å². The van der Waals surface area contributed by atoms with E-state index in [1.54, 1.807) is 24.5 Å². The summed E-state index contributed by atoms with van der Waals surface area (Å²) in [6.07, 6.45) is 2.53. The first-order chi connectivity index (χ1) is 12.8. The maximum atomic E-state index is 10.3. The van der Waals surface area contributed by atoms with Gasteiger partial charge in [0.05, 0.1) is 0 Å². The molecule has 0 bridgehead atoms. The van der Waals surface area contributed by atoms with Gasteiger partial charge in [-0.3, -0.25) is 4.98 Å². The zero-order chi connectivity index (χ0) is 17.8. The Morgan fingerprint density at radius 3 is 2.58 bits per heavy atom. The number of anilines is 1. The second-order valence-corrected chi connectivity index (χ2v) is 5.83. The Balaban J connectivity index is 1.35. The summed E-state index contributed by atoms with van der Waals surface area (Å²) in [4.78, 5) is 3.95.